The van der Waals surface area contributed by atoms with Crippen LogP contribution in [-0.4, -0.2) is 15.0 Å². The molecule has 1 aromatic carbocycles. The highest BCUT2D eigenvalue weighted by Crippen LogP contribution is 2.36. The van der Waals surface area contributed by atoms with Gasteiger partial charge in [-0.15, -0.1) is 0 Å². The van der Waals surface area contributed by atoms with Gasteiger partial charge in [0.15, 0.2) is 5.82 Å². The molecule has 3 N–H and O–H groups in total. The number of nitrogens with zero attached hydrogens (tertiary/aromatic N) is 2. The molecule has 0 amide bonds. The summed E-state index contributed by atoms with van der Waals surface area (Å²) < 4.78 is 38.5. The molecule has 0 atom stereocenters. The molecule has 1 heterocycles. The standard InChI is InChI=1S/C12H8BrF3N4S/c13-8-2-1-6(5-7(8)12(14,15)16)20-11-9(10(17)21)18-3-4-19-11/h1-5H,(H2,17,21)(H,19,20). The van der Waals surface area contributed by atoms with Crippen molar-refractivity contribution in [2.45, 2.75) is 6.18 Å². The lowest BCUT2D eigenvalue weighted by Crippen LogP contribution is -2.15. The van der Waals surface area contributed by atoms with Crippen LogP contribution in [0.2, 0.25) is 0 Å². The van der Waals surface area contributed by atoms with Gasteiger partial charge in [-0.2, -0.15) is 13.2 Å². The highest BCUT2D eigenvalue weighted by Gasteiger charge is 2.33. The minimum absolute atomic E-state index is 0.00115. The van der Waals surface area contributed by atoms with Crippen molar-refractivity contribution in [3.05, 3.63) is 46.3 Å². The fraction of sp³-hybridized carbons (Fsp3) is 0.0833. The minimum Gasteiger partial charge on any atom is -0.388 e. The van der Waals surface area contributed by atoms with Gasteiger partial charge in [-0.1, -0.05) is 28.1 Å². The quantitative estimate of drug-likeness (QED) is 0.800. The van der Waals surface area contributed by atoms with Gasteiger partial charge < -0.3 is 11.1 Å². The Morgan fingerprint density at radius 2 is 1.90 bits per heavy atom. The van der Waals surface area contributed by atoms with E-state index in [2.05, 4.69) is 31.2 Å². The summed E-state index contributed by atoms with van der Waals surface area (Å²) in [5.41, 5.74) is 5.10. The summed E-state index contributed by atoms with van der Waals surface area (Å²) in [7, 11) is 0. The Labute approximate surface area is 131 Å². The van der Waals surface area contributed by atoms with Crippen LogP contribution in [0.5, 0.6) is 0 Å². The van der Waals surface area contributed by atoms with E-state index in [1.165, 1.54) is 24.5 Å². The maximum Gasteiger partial charge on any atom is 0.417 e. The second-order valence-corrected chi connectivity index (χ2v) is 5.23. The summed E-state index contributed by atoms with van der Waals surface area (Å²) in [5, 5.41) is 2.73. The number of thiocarbonyl (C=S) groups is 1. The summed E-state index contributed by atoms with van der Waals surface area (Å²) >= 11 is 7.69. The molecule has 0 aliphatic heterocycles. The Balaban J connectivity index is 2.40. The molecule has 0 saturated heterocycles. The fourth-order valence-corrected chi connectivity index (χ4v) is 2.19. The summed E-state index contributed by atoms with van der Waals surface area (Å²) in [4.78, 5) is 7.91. The number of nitrogens with one attached hydrogen (secondary N) is 1. The van der Waals surface area contributed by atoms with Crippen LogP contribution in [0.1, 0.15) is 11.3 Å². The van der Waals surface area contributed by atoms with Gasteiger partial charge in [0.1, 0.15) is 10.7 Å². The van der Waals surface area contributed by atoms with Crippen LogP contribution in [0, 0.1) is 0 Å². The Hall–Kier alpha value is -1.74. The average molecular weight is 377 g/mol. The molecule has 0 radical (unpaired) electrons. The first-order valence-electron chi connectivity index (χ1n) is 5.53. The number of nitrogens with two attached hydrogens (primary N) is 1. The lowest BCUT2D eigenvalue weighted by molar-refractivity contribution is -0.138. The van der Waals surface area contributed by atoms with Gasteiger partial charge in [0.05, 0.1) is 5.56 Å². The van der Waals surface area contributed by atoms with Crippen molar-refractivity contribution < 1.29 is 13.2 Å². The Morgan fingerprint density at radius 3 is 2.52 bits per heavy atom. The molecular weight excluding hydrogens is 369 g/mol. The van der Waals surface area contributed by atoms with Gasteiger partial charge in [-0.05, 0) is 18.2 Å². The average Bonchev–Trinajstić information content (AvgIpc) is 2.40. The predicted molar refractivity (Wildman–Crippen MR) is 80.3 cm³/mol. The smallest absolute Gasteiger partial charge is 0.388 e. The molecule has 1 aromatic heterocycles. The summed E-state index contributed by atoms with van der Waals surface area (Å²) in [5.74, 6) is 0.195. The Bertz CT molecular complexity index is 690. The monoisotopic (exact) mass is 376 g/mol. The van der Waals surface area contributed by atoms with Crippen LogP contribution in [0.4, 0.5) is 24.7 Å². The second kappa shape index (κ2) is 5.94. The number of aromatic nitrogens is 2. The van der Waals surface area contributed by atoms with Crippen molar-refractivity contribution in [1.82, 2.24) is 9.97 Å². The predicted octanol–water partition coefficient (Wildman–Crippen LogP) is 3.64. The molecule has 9 heteroatoms. The Morgan fingerprint density at radius 1 is 1.24 bits per heavy atom. The van der Waals surface area contributed by atoms with Crippen molar-refractivity contribution in [1.29, 1.82) is 0 Å². The fourth-order valence-electron chi connectivity index (χ4n) is 1.57. The third-order valence-electron chi connectivity index (χ3n) is 2.47. The molecule has 21 heavy (non-hydrogen) atoms. The zero-order valence-corrected chi connectivity index (χ0v) is 12.7. The van der Waals surface area contributed by atoms with Gasteiger partial charge in [0, 0.05) is 22.6 Å². The summed E-state index contributed by atoms with van der Waals surface area (Å²) in [6.07, 6.45) is -1.69. The number of halogens is 4. The van der Waals surface area contributed by atoms with E-state index in [4.69, 9.17) is 18.0 Å². The molecule has 4 nitrogen and oxygen atoms in total. The molecule has 0 spiro atoms. The molecular formula is C12H8BrF3N4S. The number of rotatable bonds is 3. The van der Waals surface area contributed by atoms with Crippen molar-refractivity contribution >= 4 is 44.6 Å². The normalized spacial score (nSPS) is 11.2. The highest BCUT2D eigenvalue weighted by atomic mass is 79.9. The Kier molecular flexibility index (Phi) is 4.43. The number of anilines is 2. The van der Waals surface area contributed by atoms with Gasteiger partial charge in [-0.25, -0.2) is 9.97 Å². The highest BCUT2D eigenvalue weighted by molar-refractivity contribution is 9.10. The molecule has 2 rings (SSSR count). The molecule has 110 valence electrons. The van der Waals surface area contributed by atoms with E-state index < -0.39 is 11.7 Å². The van der Waals surface area contributed by atoms with E-state index in [0.29, 0.717) is 0 Å². The van der Waals surface area contributed by atoms with Crippen LogP contribution in [0.25, 0.3) is 0 Å². The van der Waals surface area contributed by atoms with Crippen LogP contribution in [0.15, 0.2) is 35.1 Å². The van der Waals surface area contributed by atoms with Crippen molar-refractivity contribution in [2.24, 2.45) is 5.73 Å². The molecule has 0 fully saturated rings. The first-order valence-corrected chi connectivity index (χ1v) is 6.73. The zero-order valence-electron chi connectivity index (χ0n) is 10.3. The van der Waals surface area contributed by atoms with Gasteiger partial charge >= 0.3 is 6.18 Å². The van der Waals surface area contributed by atoms with Crippen LogP contribution < -0.4 is 11.1 Å². The summed E-state index contributed by atoms with van der Waals surface area (Å²) in [6, 6.07) is 3.72. The van der Waals surface area contributed by atoms with Crippen molar-refractivity contribution in [2.75, 3.05) is 5.32 Å². The summed E-state index contributed by atoms with van der Waals surface area (Å²) in [6.45, 7) is 0. The van der Waals surface area contributed by atoms with E-state index >= 15 is 0 Å². The molecule has 0 aliphatic rings. The van der Waals surface area contributed by atoms with Crippen LogP contribution in [0.3, 0.4) is 0 Å². The SMILES string of the molecule is NC(=S)c1nccnc1Nc1ccc(Br)c(C(F)(F)F)c1. The molecule has 0 bridgehead atoms. The lowest BCUT2D eigenvalue weighted by atomic mass is 10.2. The number of benzene rings is 1. The maximum absolute atomic E-state index is 12.8. The van der Waals surface area contributed by atoms with E-state index in [1.807, 2.05) is 0 Å². The molecule has 0 saturated carbocycles. The number of hydrogen-bond acceptors (Lipinski definition) is 4. The number of alkyl halides is 3. The lowest BCUT2D eigenvalue weighted by Gasteiger charge is -2.13. The van der Waals surface area contributed by atoms with E-state index in [-0.39, 0.29) is 26.7 Å². The molecule has 0 unspecified atom stereocenters. The number of hydrogen-bond donors (Lipinski definition) is 2. The molecule has 2 aromatic rings. The maximum atomic E-state index is 12.8. The van der Waals surface area contributed by atoms with Gasteiger partial charge in [0.25, 0.3) is 0 Å². The largest absolute Gasteiger partial charge is 0.417 e. The van der Waals surface area contributed by atoms with Crippen molar-refractivity contribution in [3.63, 3.8) is 0 Å². The van der Waals surface area contributed by atoms with Crippen LogP contribution >= 0.6 is 28.1 Å². The first kappa shape index (κ1) is 15.6. The molecule has 0 aliphatic carbocycles. The second-order valence-electron chi connectivity index (χ2n) is 3.94. The van der Waals surface area contributed by atoms with Gasteiger partial charge in [0.2, 0.25) is 0 Å². The van der Waals surface area contributed by atoms with Crippen LogP contribution in [-0.2, 0) is 6.18 Å². The van der Waals surface area contributed by atoms with Crippen molar-refractivity contribution in [3.8, 4) is 0 Å². The zero-order chi connectivity index (χ0) is 15.6. The first-order chi connectivity index (χ1) is 9.79. The third kappa shape index (κ3) is 3.67. The van der Waals surface area contributed by atoms with E-state index in [1.54, 1.807) is 0 Å². The third-order valence-corrected chi connectivity index (χ3v) is 3.35. The minimum atomic E-state index is -4.47. The topological polar surface area (TPSA) is 63.8 Å². The van der Waals surface area contributed by atoms with Gasteiger partial charge in [-0.3, -0.25) is 0 Å². The van der Waals surface area contributed by atoms with E-state index in [9.17, 15) is 13.2 Å². The van der Waals surface area contributed by atoms with E-state index in [0.717, 1.165) is 6.07 Å².